The van der Waals surface area contributed by atoms with Gasteiger partial charge in [-0.3, -0.25) is 9.69 Å². The number of thioether (sulfide) groups is 1. The fourth-order valence-electron chi connectivity index (χ4n) is 5.39. The zero-order chi connectivity index (χ0) is 32.2. The minimum atomic E-state index is -4.99. The summed E-state index contributed by atoms with van der Waals surface area (Å²) in [5.74, 6) is 1.26. The lowest BCUT2D eigenvalue weighted by atomic mass is 9.87. The molecule has 1 aromatic heterocycles. The molecule has 6 nitrogen and oxygen atoms in total. The summed E-state index contributed by atoms with van der Waals surface area (Å²) in [6, 6.07) is 7.97. The molecule has 1 aliphatic heterocycles. The molecule has 2 atom stereocenters. The molecule has 0 saturated carbocycles. The third kappa shape index (κ3) is 7.59. The molecule has 44 heavy (non-hydrogen) atoms. The Hall–Kier alpha value is -3.48. The number of hydrogen-bond donors (Lipinski definition) is 1. The van der Waals surface area contributed by atoms with E-state index >= 15 is 0 Å². The highest BCUT2D eigenvalue weighted by molar-refractivity contribution is 8.13. The van der Waals surface area contributed by atoms with E-state index in [2.05, 4.69) is 15.3 Å². The first kappa shape index (κ1) is 33.4. The van der Waals surface area contributed by atoms with Crippen LogP contribution in [0, 0.1) is 13.8 Å². The van der Waals surface area contributed by atoms with E-state index in [1.807, 2.05) is 39.0 Å². The van der Waals surface area contributed by atoms with E-state index in [1.54, 1.807) is 15.9 Å². The Labute approximate surface area is 257 Å². The molecule has 0 spiro atoms. The van der Waals surface area contributed by atoms with Gasteiger partial charge in [-0.05, 0) is 74.3 Å². The van der Waals surface area contributed by atoms with Gasteiger partial charge in [0, 0.05) is 25.2 Å². The number of halogens is 6. The topological polar surface area (TPSA) is 61.4 Å². The van der Waals surface area contributed by atoms with Crippen molar-refractivity contribution in [1.82, 2.24) is 9.97 Å². The maximum Gasteiger partial charge on any atom is 0.416 e. The Kier molecular flexibility index (Phi) is 10.4. The molecule has 0 bridgehead atoms. The van der Waals surface area contributed by atoms with Crippen LogP contribution in [0.25, 0.3) is 0 Å². The molecule has 0 saturated heterocycles. The Morgan fingerprint density at radius 2 is 1.73 bits per heavy atom. The second kappa shape index (κ2) is 13.7. The van der Waals surface area contributed by atoms with Crippen molar-refractivity contribution >= 4 is 34.3 Å². The van der Waals surface area contributed by atoms with Crippen molar-refractivity contribution in [1.29, 1.82) is 0 Å². The maximum absolute atomic E-state index is 13.8. The summed E-state index contributed by atoms with van der Waals surface area (Å²) in [5.41, 5.74) is -0.733. The number of benzene rings is 2. The average molecular weight is 638 g/mol. The number of alkyl halides is 6. The molecule has 2 radical (unpaired) electrons. The van der Waals surface area contributed by atoms with E-state index in [9.17, 15) is 31.1 Å². The Bertz CT molecular complexity index is 1430. The lowest BCUT2D eigenvalue weighted by Gasteiger charge is -2.45. The van der Waals surface area contributed by atoms with Crippen LogP contribution in [-0.2, 0) is 18.9 Å². The molecule has 3 aromatic rings. The largest absolute Gasteiger partial charge is 0.416 e. The molecule has 2 aromatic carbocycles. The van der Waals surface area contributed by atoms with E-state index in [-0.39, 0.29) is 29.5 Å². The maximum atomic E-state index is 13.8. The zero-order valence-corrected chi connectivity index (χ0v) is 25.3. The van der Waals surface area contributed by atoms with Crippen LogP contribution in [0.15, 0.2) is 48.8 Å². The Morgan fingerprint density at radius 3 is 2.32 bits per heavy atom. The van der Waals surface area contributed by atoms with Crippen molar-refractivity contribution < 1.29 is 31.1 Å². The number of carbonyl (C=O) groups excluding carboxylic acids is 1. The van der Waals surface area contributed by atoms with Gasteiger partial charge in [-0.2, -0.15) is 26.3 Å². The molecular weight excluding hydrogens is 604 g/mol. The van der Waals surface area contributed by atoms with Crippen LogP contribution in [0.1, 0.15) is 67.0 Å². The number of rotatable bonds is 9. The number of nitrogens with zero attached hydrogens (tertiary/aromatic N) is 4. The summed E-state index contributed by atoms with van der Waals surface area (Å²) in [7, 11) is 0. The predicted octanol–water partition coefficient (Wildman–Crippen LogP) is 8.95. The number of hydrogen-bond acceptors (Lipinski definition) is 6. The number of aromatic nitrogens is 2. The van der Waals surface area contributed by atoms with E-state index < -0.39 is 29.5 Å². The van der Waals surface area contributed by atoms with Crippen LogP contribution >= 0.6 is 11.8 Å². The molecule has 236 valence electrons. The van der Waals surface area contributed by atoms with E-state index in [1.165, 1.54) is 18.1 Å². The fourth-order valence-corrected chi connectivity index (χ4v) is 6.02. The van der Waals surface area contributed by atoms with Crippen molar-refractivity contribution in [2.24, 2.45) is 0 Å². The number of nitrogens with one attached hydrogen (secondary N) is 1. The van der Waals surface area contributed by atoms with Crippen LogP contribution < -0.4 is 15.1 Å². The van der Waals surface area contributed by atoms with Gasteiger partial charge in [0.05, 0.1) is 22.9 Å². The first-order chi connectivity index (χ1) is 20.8. The van der Waals surface area contributed by atoms with E-state index in [0.717, 1.165) is 23.3 Å². The highest BCUT2D eigenvalue weighted by atomic mass is 32.2. The average Bonchev–Trinajstić information content (AvgIpc) is 2.97. The summed E-state index contributed by atoms with van der Waals surface area (Å²) in [6.07, 6.45) is -7.46. The van der Waals surface area contributed by atoms with Gasteiger partial charge in [-0.1, -0.05) is 43.3 Å². The van der Waals surface area contributed by atoms with E-state index in [4.69, 9.17) is 6.92 Å². The molecule has 1 aliphatic rings. The SMILES string of the molecule is [CH]CCNc1cc(N(Cc2cc(C(F)(F)F)cc(C(F)(F)F)c2)[C@H]2C[C@@H](CC)N(C(=O)SCC)c3ccc(C)cc32)ncn1. The summed E-state index contributed by atoms with van der Waals surface area (Å²) >= 11 is 1.17. The van der Waals surface area contributed by atoms with Crippen LogP contribution in [0.5, 0.6) is 0 Å². The van der Waals surface area contributed by atoms with Gasteiger partial charge < -0.3 is 10.2 Å². The summed E-state index contributed by atoms with van der Waals surface area (Å²) < 4.78 is 82.7. The smallest absolute Gasteiger partial charge is 0.370 e. The minimum Gasteiger partial charge on any atom is -0.370 e. The first-order valence-corrected chi connectivity index (χ1v) is 15.1. The third-order valence-corrected chi connectivity index (χ3v) is 8.10. The lowest BCUT2D eigenvalue weighted by Crippen LogP contribution is -2.46. The van der Waals surface area contributed by atoms with Crippen molar-refractivity contribution in [3.8, 4) is 0 Å². The molecule has 0 aliphatic carbocycles. The highest BCUT2D eigenvalue weighted by Gasteiger charge is 2.40. The number of fused-ring (bicyclic) bond motifs is 1. The molecule has 1 amide bonds. The van der Waals surface area contributed by atoms with Crippen molar-refractivity contribution in [3.05, 3.63) is 83.5 Å². The summed E-state index contributed by atoms with van der Waals surface area (Å²) in [6.45, 7) is 11.4. The number of amides is 1. The second-order valence-corrected chi connectivity index (χ2v) is 11.7. The molecule has 2 heterocycles. The van der Waals surface area contributed by atoms with Gasteiger partial charge in [0.2, 0.25) is 0 Å². The molecule has 13 heteroatoms. The van der Waals surface area contributed by atoms with Crippen LogP contribution in [-0.4, -0.2) is 33.5 Å². The minimum absolute atomic E-state index is 0.120. The molecule has 0 fully saturated rings. The first-order valence-electron chi connectivity index (χ1n) is 14.1. The predicted molar refractivity (Wildman–Crippen MR) is 161 cm³/mol. The van der Waals surface area contributed by atoms with Gasteiger partial charge in [-0.15, -0.1) is 0 Å². The van der Waals surface area contributed by atoms with E-state index in [0.29, 0.717) is 48.9 Å². The van der Waals surface area contributed by atoms with Gasteiger partial charge in [0.1, 0.15) is 18.0 Å². The Morgan fingerprint density at radius 1 is 1.05 bits per heavy atom. The Balaban J connectivity index is 1.91. The second-order valence-electron chi connectivity index (χ2n) is 10.5. The zero-order valence-electron chi connectivity index (χ0n) is 24.5. The number of carbonyl (C=O) groups is 1. The van der Waals surface area contributed by atoms with Crippen molar-refractivity contribution in [2.45, 2.75) is 71.0 Å². The van der Waals surface area contributed by atoms with Gasteiger partial charge in [0.25, 0.3) is 5.24 Å². The van der Waals surface area contributed by atoms with Gasteiger partial charge in [-0.25, -0.2) is 9.97 Å². The standard InChI is InChI=1S/C31H33F6N5OS/c1-5-10-38-27-16-28(40-18-39-27)41(17-20-12-21(30(32,33)34)14-22(13-20)31(35,36)37)26-15-23(6-2)42(29(43)44-7-3)25-9-8-19(4)11-24(25)26/h1,8-9,11-14,16,18,23,26H,5-7,10,15,17H2,2-4H3,(H,38,39,40)/t23-,26+/m1/s1. The molecule has 4 rings (SSSR count). The fraction of sp³-hybridized carbons (Fsp3) is 0.419. The van der Waals surface area contributed by atoms with Crippen LogP contribution in [0.4, 0.5) is 48.5 Å². The third-order valence-electron chi connectivity index (χ3n) is 7.37. The molecule has 1 N–H and O–H groups in total. The van der Waals surface area contributed by atoms with Crippen molar-refractivity contribution in [2.75, 3.05) is 27.4 Å². The summed E-state index contributed by atoms with van der Waals surface area (Å²) in [4.78, 5) is 25.3. The quantitative estimate of drug-likeness (QED) is 0.237. The van der Waals surface area contributed by atoms with Gasteiger partial charge in [0.15, 0.2) is 0 Å². The van der Waals surface area contributed by atoms with Gasteiger partial charge >= 0.3 is 12.4 Å². The normalized spacial score (nSPS) is 16.9. The number of anilines is 3. The lowest BCUT2D eigenvalue weighted by molar-refractivity contribution is -0.143. The van der Waals surface area contributed by atoms with Crippen LogP contribution in [0.2, 0.25) is 0 Å². The summed E-state index contributed by atoms with van der Waals surface area (Å²) in [5, 5.41) is 2.92. The number of aryl methyl sites for hydroxylation is 1. The monoisotopic (exact) mass is 637 g/mol. The van der Waals surface area contributed by atoms with Crippen molar-refractivity contribution in [3.63, 3.8) is 0 Å². The molecule has 0 unspecified atom stereocenters. The van der Waals surface area contributed by atoms with Crippen LogP contribution in [0.3, 0.4) is 0 Å². The highest BCUT2D eigenvalue weighted by Crippen LogP contribution is 2.45. The molecular formula is C31H33F6N5OS.